The molecule has 1 aliphatic carbocycles. The van der Waals surface area contributed by atoms with Crippen molar-refractivity contribution in [2.24, 2.45) is 16.8 Å². The molecule has 0 bridgehead atoms. The first kappa shape index (κ1) is 16.0. The van der Waals surface area contributed by atoms with Crippen LogP contribution < -0.4 is 5.32 Å². The van der Waals surface area contributed by atoms with Crippen molar-refractivity contribution in [3.05, 3.63) is 60.2 Å². The van der Waals surface area contributed by atoms with E-state index in [9.17, 15) is 4.79 Å². The van der Waals surface area contributed by atoms with Gasteiger partial charge in [-0.2, -0.15) is 0 Å². The average Bonchev–Trinajstić information content (AvgIpc) is 3.30. The van der Waals surface area contributed by atoms with Crippen molar-refractivity contribution in [1.29, 1.82) is 0 Å². The number of hydrogen-bond donors (Lipinski definition) is 1. The SMILES string of the molecule is C=Cc1cc(NC(=O)[C@@H]2C[C@H]2C(=C)/C=C\C)ccc1C=NC. The minimum Gasteiger partial charge on any atom is -0.326 e. The van der Waals surface area contributed by atoms with Crippen LogP contribution in [0.4, 0.5) is 5.69 Å². The Morgan fingerprint density at radius 3 is 2.77 bits per heavy atom. The van der Waals surface area contributed by atoms with Gasteiger partial charge in [-0.15, -0.1) is 0 Å². The molecule has 1 aliphatic rings. The van der Waals surface area contributed by atoms with Crippen LogP contribution in [0.1, 0.15) is 24.5 Å². The normalized spacial score (nSPS) is 20.3. The minimum atomic E-state index is 0.0350. The van der Waals surface area contributed by atoms with Crippen molar-refractivity contribution in [3.8, 4) is 0 Å². The maximum absolute atomic E-state index is 12.3. The highest BCUT2D eigenvalue weighted by Gasteiger charge is 2.43. The zero-order chi connectivity index (χ0) is 16.1. The average molecular weight is 294 g/mol. The predicted molar refractivity (Wildman–Crippen MR) is 94.2 cm³/mol. The van der Waals surface area contributed by atoms with Gasteiger partial charge < -0.3 is 5.32 Å². The largest absolute Gasteiger partial charge is 0.326 e. The van der Waals surface area contributed by atoms with Crippen molar-refractivity contribution in [1.82, 2.24) is 0 Å². The summed E-state index contributed by atoms with van der Waals surface area (Å²) in [6, 6.07) is 5.74. The molecule has 0 aromatic heterocycles. The van der Waals surface area contributed by atoms with Crippen LogP contribution in [-0.4, -0.2) is 19.2 Å². The Labute approximate surface area is 132 Å². The maximum atomic E-state index is 12.3. The Kier molecular flexibility index (Phi) is 5.10. The Bertz CT molecular complexity index is 655. The van der Waals surface area contributed by atoms with E-state index in [1.54, 1.807) is 19.3 Å². The van der Waals surface area contributed by atoms with Crippen molar-refractivity contribution in [3.63, 3.8) is 0 Å². The van der Waals surface area contributed by atoms with Crippen LogP contribution in [0.25, 0.3) is 6.08 Å². The molecule has 1 amide bonds. The molecule has 2 atom stereocenters. The van der Waals surface area contributed by atoms with Crippen molar-refractivity contribution >= 4 is 23.9 Å². The molecule has 0 spiro atoms. The topological polar surface area (TPSA) is 41.5 Å². The van der Waals surface area contributed by atoms with E-state index in [2.05, 4.69) is 23.5 Å². The van der Waals surface area contributed by atoms with Crippen LogP contribution in [0.3, 0.4) is 0 Å². The number of allylic oxidation sites excluding steroid dienone is 3. The van der Waals surface area contributed by atoms with E-state index >= 15 is 0 Å². The molecule has 1 N–H and O–H groups in total. The van der Waals surface area contributed by atoms with Crippen molar-refractivity contribution in [2.45, 2.75) is 13.3 Å². The highest BCUT2D eigenvalue weighted by molar-refractivity contribution is 5.96. The summed E-state index contributed by atoms with van der Waals surface area (Å²) >= 11 is 0. The van der Waals surface area contributed by atoms with Gasteiger partial charge in [-0.25, -0.2) is 0 Å². The number of hydrogen-bond acceptors (Lipinski definition) is 2. The van der Waals surface area contributed by atoms with Gasteiger partial charge in [-0.05, 0) is 42.5 Å². The van der Waals surface area contributed by atoms with Crippen LogP contribution >= 0.6 is 0 Å². The predicted octanol–water partition coefficient (Wildman–Crippen LogP) is 4.09. The summed E-state index contributed by atoms with van der Waals surface area (Å²) in [6.07, 6.45) is 8.36. The maximum Gasteiger partial charge on any atom is 0.228 e. The lowest BCUT2D eigenvalue weighted by Crippen LogP contribution is -2.15. The Morgan fingerprint density at radius 1 is 1.36 bits per heavy atom. The number of carbonyl (C=O) groups is 1. The van der Waals surface area contributed by atoms with E-state index in [4.69, 9.17) is 0 Å². The number of anilines is 1. The van der Waals surface area contributed by atoms with Gasteiger partial charge in [0, 0.05) is 24.9 Å². The molecule has 1 fully saturated rings. The third-order valence-electron chi connectivity index (χ3n) is 3.83. The molecule has 1 aromatic rings. The Hall–Kier alpha value is -2.42. The molecule has 1 aromatic carbocycles. The third-order valence-corrected chi connectivity index (χ3v) is 3.83. The summed E-state index contributed by atoms with van der Waals surface area (Å²) in [6.45, 7) is 9.77. The van der Waals surface area contributed by atoms with E-state index in [1.807, 2.05) is 37.3 Å². The molecule has 0 unspecified atom stereocenters. The van der Waals surface area contributed by atoms with Gasteiger partial charge in [0.1, 0.15) is 0 Å². The van der Waals surface area contributed by atoms with E-state index in [-0.39, 0.29) is 17.7 Å². The summed E-state index contributed by atoms with van der Waals surface area (Å²) in [5.74, 6) is 0.372. The first-order chi connectivity index (χ1) is 10.6. The number of nitrogens with zero attached hydrogens (tertiary/aromatic N) is 1. The van der Waals surface area contributed by atoms with Crippen LogP contribution in [0, 0.1) is 11.8 Å². The number of nitrogens with one attached hydrogen (secondary N) is 1. The monoisotopic (exact) mass is 294 g/mol. The first-order valence-electron chi connectivity index (χ1n) is 7.41. The van der Waals surface area contributed by atoms with Crippen LogP contribution in [0.5, 0.6) is 0 Å². The molecule has 3 nitrogen and oxygen atoms in total. The number of rotatable bonds is 6. The highest BCUT2D eigenvalue weighted by atomic mass is 16.2. The van der Waals surface area contributed by atoms with Crippen LogP contribution in [0.15, 0.2) is 54.1 Å². The first-order valence-corrected chi connectivity index (χ1v) is 7.41. The number of carbonyl (C=O) groups excluding carboxylic acids is 1. The second-order valence-corrected chi connectivity index (χ2v) is 5.45. The summed E-state index contributed by atoms with van der Waals surface area (Å²) in [7, 11) is 1.73. The quantitative estimate of drug-likeness (QED) is 0.623. The van der Waals surface area contributed by atoms with Gasteiger partial charge >= 0.3 is 0 Å². The van der Waals surface area contributed by atoms with Gasteiger partial charge in [0.05, 0.1) is 0 Å². The summed E-state index contributed by atoms with van der Waals surface area (Å²) in [5, 5.41) is 2.98. The summed E-state index contributed by atoms with van der Waals surface area (Å²) in [5.41, 5.74) is 3.76. The second-order valence-electron chi connectivity index (χ2n) is 5.45. The molecule has 0 radical (unpaired) electrons. The lowest BCUT2D eigenvalue weighted by molar-refractivity contribution is -0.117. The molecule has 2 rings (SSSR count). The van der Waals surface area contributed by atoms with Crippen molar-refractivity contribution < 1.29 is 4.79 Å². The molecule has 1 saturated carbocycles. The fourth-order valence-electron chi connectivity index (χ4n) is 2.55. The van der Waals surface area contributed by atoms with Gasteiger partial charge in [0.15, 0.2) is 0 Å². The minimum absolute atomic E-state index is 0.0350. The van der Waals surface area contributed by atoms with E-state index in [0.29, 0.717) is 0 Å². The number of aliphatic imine (C=N–C) groups is 1. The van der Waals surface area contributed by atoms with Gasteiger partial charge in [-0.1, -0.05) is 43.0 Å². The molecule has 0 aliphatic heterocycles. The molecular formula is C19H22N2O. The fraction of sp³-hybridized carbons (Fsp3) is 0.263. The zero-order valence-electron chi connectivity index (χ0n) is 13.2. The molecule has 3 heteroatoms. The van der Waals surface area contributed by atoms with E-state index in [0.717, 1.165) is 28.8 Å². The molecule has 22 heavy (non-hydrogen) atoms. The number of benzene rings is 1. The van der Waals surface area contributed by atoms with Crippen LogP contribution in [0.2, 0.25) is 0 Å². The standard InChI is InChI=1S/C19H22N2O/c1-5-7-13(3)17-11-18(17)19(22)21-16-9-8-15(12-20-4)14(6-2)10-16/h5-10,12,17-18H,2-3,11H2,1,4H3,(H,21,22)/b7-5-,20-12?/t17-,18+/m0/s1. The molecular weight excluding hydrogens is 272 g/mol. The zero-order valence-corrected chi connectivity index (χ0v) is 13.2. The van der Waals surface area contributed by atoms with E-state index < -0.39 is 0 Å². The highest BCUT2D eigenvalue weighted by Crippen LogP contribution is 2.44. The number of amides is 1. The molecule has 0 saturated heterocycles. The van der Waals surface area contributed by atoms with Crippen LogP contribution in [-0.2, 0) is 4.79 Å². The molecule has 0 heterocycles. The third kappa shape index (κ3) is 3.61. The molecule has 114 valence electrons. The smallest absolute Gasteiger partial charge is 0.228 e. The van der Waals surface area contributed by atoms with Crippen molar-refractivity contribution in [2.75, 3.05) is 12.4 Å². The lowest BCUT2D eigenvalue weighted by atomic mass is 10.1. The Morgan fingerprint density at radius 2 is 2.14 bits per heavy atom. The second kappa shape index (κ2) is 7.03. The van der Waals surface area contributed by atoms with Gasteiger partial charge in [0.2, 0.25) is 5.91 Å². The lowest BCUT2D eigenvalue weighted by Gasteiger charge is -2.08. The van der Waals surface area contributed by atoms with E-state index in [1.165, 1.54) is 0 Å². The van der Waals surface area contributed by atoms with Gasteiger partial charge in [0.25, 0.3) is 0 Å². The Balaban J connectivity index is 2.04. The van der Waals surface area contributed by atoms with Gasteiger partial charge in [-0.3, -0.25) is 9.79 Å². The summed E-state index contributed by atoms with van der Waals surface area (Å²) < 4.78 is 0. The fourth-order valence-corrected chi connectivity index (χ4v) is 2.55. The summed E-state index contributed by atoms with van der Waals surface area (Å²) in [4.78, 5) is 16.3.